The Morgan fingerprint density at radius 1 is 1.43 bits per heavy atom. The van der Waals surface area contributed by atoms with Gasteiger partial charge in [0.15, 0.2) is 5.96 Å². The molecule has 1 heterocycles. The number of guanidine groups is 1. The van der Waals surface area contributed by atoms with E-state index >= 15 is 0 Å². The number of hydrogen-bond acceptors (Lipinski definition) is 7. The molecule has 0 saturated carbocycles. The highest BCUT2D eigenvalue weighted by Gasteiger charge is 2.43. The number of aliphatic carboxylic acids is 1. The van der Waals surface area contributed by atoms with Crippen LogP contribution in [0.25, 0.3) is 0 Å². The second-order valence-corrected chi connectivity index (χ2v) is 4.93. The Morgan fingerprint density at radius 2 is 2.04 bits per heavy atom. The normalized spacial score (nSPS) is 26.3. The van der Waals surface area contributed by atoms with E-state index in [0.29, 0.717) is 0 Å². The van der Waals surface area contributed by atoms with Crippen molar-refractivity contribution >= 4 is 17.8 Å². The molecule has 0 radical (unpaired) electrons. The van der Waals surface area contributed by atoms with E-state index in [1.54, 1.807) is 0 Å². The average Bonchev–Trinajstić information content (AvgIpc) is 2.45. The van der Waals surface area contributed by atoms with Gasteiger partial charge < -0.3 is 41.9 Å². The van der Waals surface area contributed by atoms with Gasteiger partial charge >= 0.3 is 5.97 Å². The topological polar surface area (TPSA) is 201 Å². The molecule has 9 N–H and O–H groups in total. The number of carbonyl (C=O) groups excluding carboxylic acids is 1. The van der Waals surface area contributed by atoms with Crippen LogP contribution in [0.5, 0.6) is 0 Å². The van der Waals surface area contributed by atoms with E-state index in [0.717, 1.165) is 6.08 Å². The molecule has 0 fully saturated rings. The number of nitrogens with one attached hydrogen (secondary N) is 1. The lowest BCUT2D eigenvalue weighted by molar-refractivity contribution is -0.145. The first-order chi connectivity index (χ1) is 10.7. The first-order valence-electron chi connectivity index (χ1n) is 6.62. The molecule has 0 aromatic rings. The fourth-order valence-corrected chi connectivity index (χ4v) is 2.14. The summed E-state index contributed by atoms with van der Waals surface area (Å²) in [7, 11) is 0. The minimum Gasteiger partial charge on any atom is -0.478 e. The molecule has 1 unspecified atom stereocenters. The number of rotatable bonds is 6. The highest BCUT2D eigenvalue weighted by atomic mass is 16.5. The van der Waals surface area contributed by atoms with Gasteiger partial charge in [-0.3, -0.25) is 4.79 Å². The number of carboxylic acid groups (broad SMARTS) is 1. The fraction of sp³-hybridized carbons (Fsp3) is 0.583. The van der Waals surface area contributed by atoms with Crippen LogP contribution in [0.2, 0.25) is 0 Å². The predicted octanol–water partition coefficient (Wildman–Crippen LogP) is -3.79. The summed E-state index contributed by atoms with van der Waals surface area (Å²) in [6.07, 6.45) is -3.65. The van der Waals surface area contributed by atoms with Crippen molar-refractivity contribution in [3.05, 3.63) is 11.8 Å². The van der Waals surface area contributed by atoms with Crippen molar-refractivity contribution in [1.29, 1.82) is 0 Å². The zero-order valence-corrected chi connectivity index (χ0v) is 12.3. The van der Waals surface area contributed by atoms with Crippen molar-refractivity contribution in [2.75, 3.05) is 6.61 Å². The SMILES string of the molecule is CC(=O)N[C@H]1[C@H]([C@H](O)C(O)CO)OC(C(=O)O)=C[C@@H]1N=C(N)N. The number of nitrogens with two attached hydrogens (primary N) is 2. The van der Waals surface area contributed by atoms with Crippen LogP contribution in [0.15, 0.2) is 16.8 Å². The molecule has 1 aliphatic rings. The van der Waals surface area contributed by atoms with Gasteiger partial charge in [0, 0.05) is 6.92 Å². The molecule has 130 valence electrons. The van der Waals surface area contributed by atoms with Crippen molar-refractivity contribution in [3.8, 4) is 0 Å². The third-order valence-corrected chi connectivity index (χ3v) is 3.10. The average molecular weight is 332 g/mol. The molecule has 5 atom stereocenters. The predicted molar refractivity (Wildman–Crippen MR) is 76.9 cm³/mol. The van der Waals surface area contributed by atoms with Crippen LogP contribution < -0.4 is 16.8 Å². The summed E-state index contributed by atoms with van der Waals surface area (Å²) in [5.74, 6) is -2.89. The number of aliphatic imine (C=N–C) groups is 1. The van der Waals surface area contributed by atoms with E-state index in [9.17, 15) is 19.8 Å². The molecule has 1 aliphatic heterocycles. The monoisotopic (exact) mass is 332 g/mol. The number of carboxylic acids is 1. The molecular formula is C12H20N4O7. The fourth-order valence-electron chi connectivity index (χ4n) is 2.14. The number of ether oxygens (including phenoxy) is 1. The zero-order valence-electron chi connectivity index (χ0n) is 12.3. The highest BCUT2D eigenvalue weighted by Crippen LogP contribution is 2.24. The molecule has 11 heteroatoms. The lowest BCUT2D eigenvalue weighted by Crippen LogP contribution is -2.59. The van der Waals surface area contributed by atoms with Crippen LogP contribution in [0.3, 0.4) is 0 Å². The summed E-state index contributed by atoms with van der Waals surface area (Å²) < 4.78 is 5.13. The Morgan fingerprint density at radius 3 is 2.48 bits per heavy atom. The molecular weight excluding hydrogens is 312 g/mol. The minimum atomic E-state index is -1.70. The Balaban J connectivity index is 3.28. The van der Waals surface area contributed by atoms with Gasteiger partial charge in [-0.2, -0.15) is 0 Å². The van der Waals surface area contributed by atoms with Crippen LogP contribution in [-0.4, -0.2) is 75.3 Å². The second-order valence-electron chi connectivity index (χ2n) is 4.93. The lowest BCUT2D eigenvalue weighted by Gasteiger charge is -2.38. The van der Waals surface area contributed by atoms with E-state index in [1.165, 1.54) is 6.92 Å². The van der Waals surface area contributed by atoms with Crippen molar-refractivity contribution in [1.82, 2.24) is 5.32 Å². The Bertz CT molecular complexity index is 518. The largest absolute Gasteiger partial charge is 0.478 e. The molecule has 23 heavy (non-hydrogen) atoms. The molecule has 1 rings (SSSR count). The quantitative estimate of drug-likeness (QED) is 0.188. The maximum Gasteiger partial charge on any atom is 0.370 e. The highest BCUT2D eigenvalue weighted by molar-refractivity contribution is 5.85. The lowest BCUT2D eigenvalue weighted by atomic mass is 9.92. The van der Waals surface area contributed by atoms with Gasteiger partial charge in [-0.15, -0.1) is 0 Å². The molecule has 1 amide bonds. The minimum absolute atomic E-state index is 0.371. The molecule has 0 aromatic carbocycles. The van der Waals surface area contributed by atoms with Crippen molar-refractivity contribution < 1.29 is 34.8 Å². The number of carbonyl (C=O) groups is 2. The Labute approximate surface area is 131 Å². The van der Waals surface area contributed by atoms with Crippen molar-refractivity contribution in [2.24, 2.45) is 16.5 Å². The van der Waals surface area contributed by atoms with Gasteiger partial charge in [-0.1, -0.05) is 0 Å². The van der Waals surface area contributed by atoms with Crippen molar-refractivity contribution in [2.45, 2.75) is 37.3 Å². The van der Waals surface area contributed by atoms with E-state index in [2.05, 4.69) is 10.3 Å². The number of amides is 1. The van der Waals surface area contributed by atoms with Crippen LogP contribution in [0.4, 0.5) is 0 Å². The maximum absolute atomic E-state index is 11.4. The standard InChI is InChI=1S/C12H20N4O7/c1-4(18)15-8-5(16-12(13)14)2-7(11(21)22)23-10(8)9(20)6(19)3-17/h2,5-6,8-10,17,19-20H,3H2,1H3,(H,15,18)(H,21,22)(H4,13,14,16)/t5-,6?,8+,9+,10+/m0/s1. The van der Waals surface area contributed by atoms with E-state index in [-0.39, 0.29) is 5.96 Å². The van der Waals surface area contributed by atoms with E-state index < -0.39 is 54.6 Å². The van der Waals surface area contributed by atoms with Gasteiger partial charge in [0.2, 0.25) is 11.7 Å². The maximum atomic E-state index is 11.4. The number of aliphatic hydroxyl groups is 3. The first-order valence-corrected chi connectivity index (χ1v) is 6.62. The van der Waals surface area contributed by atoms with E-state index in [4.69, 9.17) is 26.4 Å². The summed E-state index contributed by atoms with van der Waals surface area (Å²) in [5.41, 5.74) is 10.6. The van der Waals surface area contributed by atoms with Gasteiger partial charge in [0.25, 0.3) is 0 Å². The molecule has 0 aromatic heterocycles. The van der Waals surface area contributed by atoms with Crippen LogP contribution >= 0.6 is 0 Å². The summed E-state index contributed by atoms with van der Waals surface area (Å²) in [6, 6.07) is -2.11. The van der Waals surface area contributed by atoms with Crippen LogP contribution in [0, 0.1) is 0 Å². The van der Waals surface area contributed by atoms with Crippen LogP contribution in [-0.2, 0) is 14.3 Å². The van der Waals surface area contributed by atoms with Crippen LogP contribution in [0.1, 0.15) is 6.92 Å². The van der Waals surface area contributed by atoms with Gasteiger partial charge in [-0.05, 0) is 6.08 Å². The Hall–Kier alpha value is -2.37. The molecule has 0 bridgehead atoms. The molecule has 0 aliphatic carbocycles. The van der Waals surface area contributed by atoms with Gasteiger partial charge in [0.05, 0.1) is 18.7 Å². The number of aliphatic hydroxyl groups excluding tert-OH is 3. The third-order valence-electron chi connectivity index (χ3n) is 3.10. The van der Waals surface area contributed by atoms with E-state index in [1.807, 2.05) is 0 Å². The summed E-state index contributed by atoms with van der Waals surface area (Å²) in [6.45, 7) is 0.391. The Kier molecular flexibility index (Phi) is 6.30. The molecule has 0 spiro atoms. The zero-order chi connectivity index (χ0) is 17.7. The molecule has 0 saturated heterocycles. The first kappa shape index (κ1) is 18.7. The second kappa shape index (κ2) is 7.76. The third kappa shape index (κ3) is 4.81. The number of hydrogen-bond donors (Lipinski definition) is 7. The van der Waals surface area contributed by atoms with Gasteiger partial charge in [-0.25, -0.2) is 9.79 Å². The van der Waals surface area contributed by atoms with Crippen molar-refractivity contribution in [3.63, 3.8) is 0 Å². The summed E-state index contributed by atoms with van der Waals surface area (Å²) in [4.78, 5) is 26.3. The smallest absolute Gasteiger partial charge is 0.370 e. The summed E-state index contributed by atoms with van der Waals surface area (Å²) >= 11 is 0. The summed E-state index contributed by atoms with van der Waals surface area (Å²) in [5, 5.41) is 40.1. The van der Waals surface area contributed by atoms with Gasteiger partial charge in [0.1, 0.15) is 18.3 Å². The molecule has 11 nitrogen and oxygen atoms in total. The number of nitrogens with zero attached hydrogens (tertiary/aromatic N) is 1.